The molecule has 3 nitrogen and oxygen atoms in total. The lowest BCUT2D eigenvalue weighted by atomic mass is 10.1. The summed E-state index contributed by atoms with van der Waals surface area (Å²) in [5.41, 5.74) is 0.892. The molecule has 0 radical (unpaired) electrons. The summed E-state index contributed by atoms with van der Waals surface area (Å²) in [6.07, 6.45) is 1.57. The van der Waals surface area contributed by atoms with E-state index in [9.17, 15) is 13.4 Å². The first-order chi connectivity index (χ1) is 10.5. The molecule has 0 aromatic heterocycles. The zero-order chi connectivity index (χ0) is 16.1. The molecule has 0 unspecified atom stereocenters. The van der Waals surface area contributed by atoms with Crippen LogP contribution in [0.15, 0.2) is 48.5 Å². The summed E-state index contributed by atoms with van der Waals surface area (Å²) in [7, 11) is -1.10. The first-order valence-electron chi connectivity index (χ1n) is 6.59. The van der Waals surface area contributed by atoms with Crippen molar-refractivity contribution in [2.45, 2.75) is 6.04 Å². The van der Waals surface area contributed by atoms with Crippen LogP contribution in [-0.4, -0.2) is 22.1 Å². The number of carbonyl (C=O) groups excluding carboxylic acids is 1. The van der Waals surface area contributed by atoms with Crippen LogP contribution in [0.3, 0.4) is 0 Å². The molecule has 0 saturated carbocycles. The largest absolute Gasteiger partial charge is 0.344 e. The highest BCUT2D eigenvalue weighted by molar-refractivity contribution is 7.84. The molecule has 1 amide bonds. The average Bonchev–Trinajstić information content (AvgIpc) is 2.49. The van der Waals surface area contributed by atoms with Gasteiger partial charge in [-0.3, -0.25) is 9.00 Å². The quantitative estimate of drug-likeness (QED) is 0.908. The minimum atomic E-state index is -1.10. The van der Waals surface area contributed by atoms with Crippen molar-refractivity contribution in [2.24, 2.45) is 0 Å². The molecule has 6 heteroatoms. The molecule has 0 aliphatic heterocycles. The minimum Gasteiger partial charge on any atom is -0.344 e. The molecule has 1 N–H and O–H groups in total. The van der Waals surface area contributed by atoms with E-state index in [4.69, 9.17) is 11.6 Å². The van der Waals surface area contributed by atoms with Crippen molar-refractivity contribution in [2.75, 3.05) is 12.0 Å². The standard InChI is InChI=1S/C16H15ClFNO2S/c1-22(21)10-14(11-6-3-2-4-7-11)19-16(20)12-8-5-9-13(18)15(12)17/h2-9,14H,10H2,1H3,(H,19,20)/t14-,22+/m1/s1. The maximum absolute atomic E-state index is 13.4. The van der Waals surface area contributed by atoms with E-state index in [0.29, 0.717) is 0 Å². The lowest BCUT2D eigenvalue weighted by Gasteiger charge is -2.18. The molecule has 0 spiro atoms. The summed E-state index contributed by atoms with van der Waals surface area (Å²) >= 11 is 5.83. The van der Waals surface area contributed by atoms with Crippen LogP contribution in [0.25, 0.3) is 0 Å². The van der Waals surface area contributed by atoms with Crippen molar-refractivity contribution in [3.05, 3.63) is 70.5 Å². The summed E-state index contributed by atoms with van der Waals surface area (Å²) in [5.74, 6) is -0.878. The monoisotopic (exact) mass is 339 g/mol. The van der Waals surface area contributed by atoms with Crippen molar-refractivity contribution in [1.82, 2.24) is 5.32 Å². The molecule has 0 bridgehead atoms. The van der Waals surface area contributed by atoms with Gasteiger partial charge < -0.3 is 5.32 Å². The van der Waals surface area contributed by atoms with Gasteiger partial charge in [0.25, 0.3) is 5.91 Å². The van der Waals surface area contributed by atoms with Crippen LogP contribution in [0.1, 0.15) is 22.0 Å². The van der Waals surface area contributed by atoms with E-state index in [1.807, 2.05) is 30.3 Å². The molecule has 116 valence electrons. The second-order valence-corrected chi connectivity index (χ2v) is 6.64. The van der Waals surface area contributed by atoms with Gasteiger partial charge >= 0.3 is 0 Å². The zero-order valence-corrected chi connectivity index (χ0v) is 13.5. The molecule has 2 aromatic rings. The van der Waals surface area contributed by atoms with Crippen LogP contribution in [0.4, 0.5) is 4.39 Å². The summed E-state index contributed by atoms with van der Waals surface area (Å²) in [4.78, 5) is 12.3. The molecule has 0 aliphatic carbocycles. The Hall–Kier alpha value is -1.72. The van der Waals surface area contributed by atoms with Crippen molar-refractivity contribution in [3.8, 4) is 0 Å². The molecular weight excluding hydrogens is 325 g/mol. The van der Waals surface area contributed by atoms with Gasteiger partial charge in [0.2, 0.25) is 0 Å². The number of amides is 1. The van der Waals surface area contributed by atoms with E-state index in [2.05, 4.69) is 5.32 Å². The maximum atomic E-state index is 13.4. The fourth-order valence-corrected chi connectivity index (χ4v) is 3.01. The fraction of sp³-hybridized carbons (Fsp3) is 0.188. The van der Waals surface area contributed by atoms with Gasteiger partial charge in [-0.25, -0.2) is 4.39 Å². The van der Waals surface area contributed by atoms with Crippen molar-refractivity contribution in [3.63, 3.8) is 0 Å². The van der Waals surface area contributed by atoms with Crippen LogP contribution < -0.4 is 5.32 Å². The molecule has 0 fully saturated rings. The summed E-state index contributed by atoms with van der Waals surface area (Å²) in [6, 6.07) is 12.8. The predicted molar refractivity (Wildman–Crippen MR) is 87.0 cm³/mol. The molecule has 2 aromatic carbocycles. The Balaban J connectivity index is 2.25. The first-order valence-corrected chi connectivity index (χ1v) is 8.69. The number of nitrogens with one attached hydrogen (secondary N) is 1. The molecular formula is C16H15ClFNO2S. The SMILES string of the molecule is C[S@](=O)C[C@@H](NC(=O)c1cccc(F)c1Cl)c1ccccc1. The van der Waals surface area contributed by atoms with Crippen LogP contribution >= 0.6 is 11.6 Å². The number of benzene rings is 2. The highest BCUT2D eigenvalue weighted by Crippen LogP contribution is 2.21. The van der Waals surface area contributed by atoms with Crippen molar-refractivity contribution in [1.29, 1.82) is 0 Å². The fourth-order valence-electron chi connectivity index (χ4n) is 2.06. The Morgan fingerprint density at radius 3 is 2.55 bits per heavy atom. The zero-order valence-electron chi connectivity index (χ0n) is 11.9. The van der Waals surface area contributed by atoms with E-state index in [1.165, 1.54) is 18.2 Å². The van der Waals surface area contributed by atoms with E-state index < -0.39 is 28.6 Å². The maximum Gasteiger partial charge on any atom is 0.253 e. The highest BCUT2D eigenvalue weighted by atomic mass is 35.5. The molecule has 0 heterocycles. The Morgan fingerprint density at radius 2 is 1.91 bits per heavy atom. The number of hydrogen-bond donors (Lipinski definition) is 1. The minimum absolute atomic E-state index is 0.0597. The van der Waals surface area contributed by atoms with Gasteiger partial charge in [0, 0.05) is 22.8 Å². The van der Waals surface area contributed by atoms with Gasteiger partial charge in [0.15, 0.2) is 0 Å². The Bertz CT molecular complexity index is 694. The van der Waals surface area contributed by atoms with Gasteiger partial charge in [0.05, 0.1) is 16.6 Å². The van der Waals surface area contributed by atoms with Gasteiger partial charge in [0.1, 0.15) is 5.82 Å². The van der Waals surface area contributed by atoms with E-state index in [0.717, 1.165) is 5.56 Å². The van der Waals surface area contributed by atoms with Crippen molar-refractivity contribution < 1.29 is 13.4 Å². The van der Waals surface area contributed by atoms with Crippen LogP contribution in [0.2, 0.25) is 5.02 Å². The third-order valence-corrected chi connectivity index (χ3v) is 4.29. The predicted octanol–water partition coefficient (Wildman–Crippen LogP) is 3.33. The number of carbonyl (C=O) groups is 1. The topological polar surface area (TPSA) is 46.2 Å². The van der Waals surface area contributed by atoms with Crippen LogP contribution in [0, 0.1) is 5.82 Å². The molecule has 2 atom stereocenters. The van der Waals surface area contributed by atoms with Gasteiger partial charge in [-0.05, 0) is 17.7 Å². The Kier molecular flexibility index (Phi) is 5.69. The lowest BCUT2D eigenvalue weighted by molar-refractivity contribution is 0.0940. The molecule has 2 rings (SSSR count). The average molecular weight is 340 g/mol. The molecule has 0 aliphatic rings. The van der Waals surface area contributed by atoms with Crippen LogP contribution in [0.5, 0.6) is 0 Å². The van der Waals surface area contributed by atoms with E-state index in [-0.39, 0.29) is 16.3 Å². The van der Waals surface area contributed by atoms with Gasteiger partial charge in [-0.2, -0.15) is 0 Å². The number of hydrogen-bond acceptors (Lipinski definition) is 2. The van der Waals surface area contributed by atoms with E-state index >= 15 is 0 Å². The van der Waals surface area contributed by atoms with Gasteiger partial charge in [-0.1, -0.05) is 48.0 Å². The first kappa shape index (κ1) is 16.6. The third kappa shape index (κ3) is 4.15. The summed E-state index contributed by atoms with van der Waals surface area (Å²) in [5, 5.41) is 2.55. The summed E-state index contributed by atoms with van der Waals surface area (Å²) in [6.45, 7) is 0. The summed E-state index contributed by atoms with van der Waals surface area (Å²) < 4.78 is 25.0. The Morgan fingerprint density at radius 1 is 1.23 bits per heavy atom. The Labute approximate surface area is 136 Å². The smallest absolute Gasteiger partial charge is 0.253 e. The van der Waals surface area contributed by atoms with Crippen molar-refractivity contribution >= 4 is 28.3 Å². The highest BCUT2D eigenvalue weighted by Gasteiger charge is 2.19. The van der Waals surface area contributed by atoms with Crippen LogP contribution in [-0.2, 0) is 10.8 Å². The number of rotatable bonds is 5. The van der Waals surface area contributed by atoms with E-state index in [1.54, 1.807) is 6.26 Å². The lowest BCUT2D eigenvalue weighted by Crippen LogP contribution is -2.32. The van der Waals surface area contributed by atoms with Gasteiger partial charge in [-0.15, -0.1) is 0 Å². The molecule has 0 saturated heterocycles. The third-order valence-electron chi connectivity index (χ3n) is 3.10. The molecule has 22 heavy (non-hydrogen) atoms. The number of halogens is 2. The second-order valence-electron chi connectivity index (χ2n) is 4.78. The second kappa shape index (κ2) is 7.51. The normalized spacial score (nSPS) is 13.4.